The first-order valence-electron chi connectivity index (χ1n) is 8.29. The van der Waals surface area contributed by atoms with Gasteiger partial charge in [-0.2, -0.15) is 10.1 Å². The number of carbonyl (C=O) groups excluding carboxylic acids is 1. The summed E-state index contributed by atoms with van der Waals surface area (Å²) in [7, 11) is 1.86. The summed E-state index contributed by atoms with van der Waals surface area (Å²) in [5, 5.41) is 12.9. The number of nitrogens with one attached hydrogen (secondary N) is 2. The molecule has 0 aliphatic carbocycles. The van der Waals surface area contributed by atoms with E-state index in [0.29, 0.717) is 17.7 Å². The van der Waals surface area contributed by atoms with E-state index in [1.54, 1.807) is 20.9 Å². The Hall–Kier alpha value is -2.94. The summed E-state index contributed by atoms with van der Waals surface area (Å²) in [6, 6.07) is 3.85. The first-order valence-corrected chi connectivity index (χ1v) is 9.17. The molecule has 134 valence electrons. The number of hydrogen-bond acceptors (Lipinski definition) is 7. The Kier molecular flexibility index (Phi) is 4.29. The maximum absolute atomic E-state index is 11.5. The highest BCUT2D eigenvalue weighted by atomic mass is 32.1. The molecule has 0 bridgehead atoms. The Balaban J connectivity index is 1.46. The van der Waals surface area contributed by atoms with Gasteiger partial charge in [0.05, 0.1) is 10.2 Å². The fourth-order valence-corrected chi connectivity index (χ4v) is 3.68. The van der Waals surface area contributed by atoms with Crippen LogP contribution < -0.4 is 10.6 Å². The number of fused-ring (bicyclic) bond motifs is 1. The number of nitrogens with zero attached hydrogens (tertiary/aromatic N) is 5. The Morgan fingerprint density at radius 2 is 2.27 bits per heavy atom. The molecule has 1 amide bonds. The number of thiophene rings is 1. The molecule has 0 spiro atoms. The van der Waals surface area contributed by atoms with Crippen molar-refractivity contribution in [2.24, 2.45) is 13.0 Å². The molecule has 0 saturated carbocycles. The van der Waals surface area contributed by atoms with Gasteiger partial charge in [-0.05, 0) is 17.5 Å². The van der Waals surface area contributed by atoms with Gasteiger partial charge in [0, 0.05) is 44.9 Å². The van der Waals surface area contributed by atoms with E-state index in [1.807, 2.05) is 30.8 Å². The van der Waals surface area contributed by atoms with E-state index in [0.717, 1.165) is 35.7 Å². The van der Waals surface area contributed by atoms with Crippen LogP contribution in [0.4, 0.5) is 17.6 Å². The standard InChI is InChI=1S/C17H19N7OS/c1-3-14(25)24-9-11(10-24)8-18-16-15-12(5-7-26-15)19-17(21-16)20-13-4-6-23(2)22-13/h3-7,11H,1,8-10H2,2H3,(H2,18,19,20,21,22). The average molecular weight is 369 g/mol. The largest absolute Gasteiger partial charge is 0.368 e. The summed E-state index contributed by atoms with van der Waals surface area (Å²) in [5.41, 5.74) is 0.892. The predicted octanol–water partition coefficient (Wildman–Crippen LogP) is 2.22. The molecule has 8 nitrogen and oxygen atoms in total. The molecule has 0 radical (unpaired) electrons. The fraction of sp³-hybridized carbons (Fsp3) is 0.294. The number of hydrogen-bond donors (Lipinski definition) is 2. The molecule has 1 aliphatic heterocycles. The van der Waals surface area contributed by atoms with Crippen LogP contribution in [0.5, 0.6) is 0 Å². The molecule has 0 aromatic carbocycles. The maximum Gasteiger partial charge on any atom is 0.245 e. The second kappa shape index (κ2) is 6.75. The van der Waals surface area contributed by atoms with Crippen LogP contribution in [0.15, 0.2) is 36.4 Å². The second-order valence-corrected chi connectivity index (χ2v) is 7.14. The van der Waals surface area contributed by atoms with Crippen molar-refractivity contribution in [3.05, 3.63) is 36.4 Å². The van der Waals surface area contributed by atoms with E-state index < -0.39 is 0 Å². The maximum atomic E-state index is 11.5. The van der Waals surface area contributed by atoms with Crippen molar-refractivity contribution in [1.29, 1.82) is 0 Å². The molecule has 1 aliphatic rings. The third-order valence-corrected chi connectivity index (χ3v) is 5.17. The molecule has 2 N–H and O–H groups in total. The molecule has 4 heterocycles. The van der Waals surface area contributed by atoms with E-state index >= 15 is 0 Å². The highest BCUT2D eigenvalue weighted by Crippen LogP contribution is 2.28. The first kappa shape index (κ1) is 16.5. The van der Waals surface area contributed by atoms with Gasteiger partial charge in [0.1, 0.15) is 5.82 Å². The molecule has 3 aromatic heterocycles. The van der Waals surface area contributed by atoms with Gasteiger partial charge in [0.15, 0.2) is 5.82 Å². The molecule has 1 fully saturated rings. The van der Waals surface area contributed by atoms with Gasteiger partial charge in [0.25, 0.3) is 0 Å². The van der Waals surface area contributed by atoms with Gasteiger partial charge < -0.3 is 15.5 Å². The second-order valence-electron chi connectivity index (χ2n) is 6.22. The third-order valence-electron chi connectivity index (χ3n) is 4.26. The Morgan fingerprint density at radius 1 is 1.42 bits per heavy atom. The van der Waals surface area contributed by atoms with Gasteiger partial charge in [-0.3, -0.25) is 9.48 Å². The summed E-state index contributed by atoms with van der Waals surface area (Å²) < 4.78 is 2.74. The molecule has 9 heteroatoms. The summed E-state index contributed by atoms with van der Waals surface area (Å²) in [5.74, 6) is 2.42. The summed E-state index contributed by atoms with van der Waals surface area (Å²) in [6.45, 7) is 5.77. The Bertz CT molecular complexity index is 957. The molecule has 4 rings (SSSR count). The van der Waals surface area contributed by atoms with Crippen LogP contribution in [0.1, 0.15) is 0 Å². The minimum Gasteiger partial charge on any atom is -0.368 e. The molecule has 26 heavy (non-hydrogen) atoms. The smallest absolute Gasteiger partial charge is 0.245 e. The van der Waals surface area contributed by atoms with Crippen LogP contribution in [0.2, 0.25) is 0 Å². The van der Waals surface area contributed by atoms with Crippen molar-refractivity contribution < 1.29 is 4.79 Å². The van der Waals surface area contributed by atoms with Crippen LogP contribution in [0.25, 0.3) is 10.2 Å². The lowest BCUT2D eigenvalue weighted by Gasteiger charge is -2.38. The van der Waals surface area contributed by atoms with Crippen LogP contribution in [0, 0.1) is 5.92 Å². The Labute approximate surface area is 154 Å². The molecular weight excluding hydrogens is 350 g/mol. The van der Waals surface area contributed by atoms with Crippen molar-refractivity contribution in [1.82, 2.24) is 24.6 Å². The SMILES string of the molecule is C=CC(=O)N1CC(CNc2nc(Nc3ccn(C)n3)nc3ccsc23)C1. The van der Waals surface area contributed by atoms with Crippen molar-refractivity contribution in [3.63, 3.8) is 0 Å². The monoisotopic (exact) mass is 369 g/mol. The fourth-order valence-electron chi connectivity index (χ4n) is 2.88. The number of aromatic nitrogens is 4. The molecule has 0 unspecified atom stereocenters. The predicted molar refractivity (Wildman–Crippen MR) is 103 cm³/mol. The van der Waals surface area contributed by atoms with Crippen LogP contribution >= 0.6 is 11.3 Å². The minimum absolute atomic E-state index is 0.00854. The van der Waals surface area contributed by atoms with E-state index in [9.17, 15) is 4.79 Å². The highest BCUT2D eigenvalue weighted by Gasteiger charge is 2.29. The summed E-state index contributed by atoms with van der Waals surface area (Å²) in [4.78, 5) is 22.5. The number of aryl methyl sites for hydroxylation is 1. The summed E-state index contributed by atoms with van der Waals surface area (Å²) >= 11 is 1.61. The minimum atomic E-state index is -0.00854. The van der Waals surface area contributed by atoms with E-state index in [2.05, 4.69) is 32.3 Å². The van der Waals surface area contributed by atoms with Gasteiger partial charge in [-0.25, -0.2) is 4.98 Å². The molecule has 3 aromatic rings. The molecular formula is C17H19N7OS. The first-order chi connectivity index (χ1) is 12.6. The van der Waals surface area contributed by atoms with Crippen molar-refractivity contribution in [2.45, 2.75) is 0 Å². The van der Waals surface area contributed by atoms with Crippen molar-refractivity contribution >= 4 is 45.0 Å². The van der Waals surface area contributed by atoms with Crippen molar-refractivity contribution in [2.75, 3.05) is 30.3 Å². The quantitative estimate of drug-likeness (QED) is 0.648. The van der Waals surface area contributed by atoms with Gasteiger partial charge in [-0.1, -0.05) is 6.58 Å². The van der Waals surface area contributed by atoms with Crippen LogP contribution in [-0.4, -0.2) is 50.2 Å². The molecule has 0 atom stereocenters. The van der Waals surface area contributed by atoms with Crippen LogP contribution in [-0.2, 0) is 11.8 Å². The Morgan fingerprint density at radius 3 is 3.00 bits per heavy atom. The zero-order chi connectivity index (χ0) is 18.1. The number of carbonyl (C=O) groups is 1. The normalized spacial score (nSPS) is 14.3. The third kappa shape index (κ3) is 3.25. The highest BCUT2D eigenvalue weighted by molar-refractivity contribution is 7.17. The van der Waals surface area contributed by atoms with Gasteiger partial charge >= 0.3 is 0 Å². The number of likely N-dealkylation sites (tertiary alicyclic amines) is 1. The summed E-state index contributed by atoms with van der Waals surface area (Å²) in [6.07, 6.45) is 3.22. The number of amides is 1. The lowest BCUT2D eigenvalue weighted by atomic mass is 10.00. The topological polar surface area (TPSA) is 88.0 Å². The molecule has 1 saturated heterocycles. The number of anilines is 3. The zero-order valence-electron chi connectivity index (χ0n) is 14.3. The number of rotatable bonds is 6. The van der Waals surface area contributed by atoms with Crippen LogP contribution in [0.3, 0.4) is 0 Å². The van der Waals surface area contributed by atoms with Gasteiger partial charge in [0.2, 0.25) is 11.9 Å². The van der Waals surface area contributed by atoms with E-state index in [4.69, 9.17) is 0 Å². The van der Waals surface area contributed by atoms with E-state index in [-0.39, 0.29) is 5.91 Å². The lowest BCUT2D eigenvalue weighted by molar-refractivity contribution is -0.131. The average Bonchev–Trinajstić information content (AvgIpc) is 3.21. The van der Waals surface area contributed by atoms with Gasteiger partial charge in [-0.15, -0.1) is 11.3 Å². The zero-order valence-corrected chi connectivity index (χ0v) is 15.2. The van der Waals surface area contributed by atoms with Crippen molar-refractivity contribution in [3.8, 4) is 0 Å². The van der Waals surface area contributed by atoms with E-state index in [1.165, 1.54) is 6.08 Å². The lowest BCUT2D eigenvalue weighted by Crippen LogP contribution is -2.51.